The van der Waals surface area contributed by atoms with E-state index in [9.17, 15) is 9.59 Å². The Kier molecular flexibility index (Phi) is 4.57. The van der Waals surface area contributed by atoms with Crippen molar-refractivity contribution in [1.29, 1.82) is 0 Å². The zero-order chi connectivity index (χ0) is 15.4. The molecule has 1 aromatic heterocycles. The molecule has 0 bridgehead atoms. The fraction of sp³-hybridized carbons (Fsp3) is 0.400. The van der Waals surface area contributed by atoms with Crippen LogP contribution in [0.5, 0.6) is 0 Å². The van der Waals surface area contributed by atoms with Crippen LogP contribution in [0.25, 0.3) is 11.0 Å². The quantitative estimate of drug-likeness (QED) is 0.880. The fourth-order valence-corrected chi connectivity index (χ4v) is 2.20. The summed E-state index contributed by atoms with van der Waals surface area (Å²) in [6, 6.07) is 7.28. The molecule has 1 aromatic carbocycles. The van der Waals surface area contributed by atoms with Gasteiger partial charge in [0.1, 0.15) is 5.69 Å². The Morgan fingerprint density at radius 2 is 2.05 bits per heavy atom. The molecule has 1 amide bonds. The lowest BCUT2D eigenvalue weighted by atomic mass is 10.1. The highest BCUT2D eigenvalue weighted by Crippen LogP contribution is 2.19. The van der Waals surface area contributed by atoms with Crippen molar-refractivity contribution in [2.45, 2.75) is 32.7 Å². The lowest BCUT2D eigenvalue weighted by Crippen LogP contribution is -2.39. The largest absolute Gasteiger partial charge is 0.481 e. The van der Waals surface area contributed by atoms with Gasteiger partial charge in [0.05, 0.1) is 12.8 Å². The van der Waals surface area contributed by atoms with Gasteiger partial charge in [-0.15, -0.1) is 0 Å². The summed E-state index contributed by atoms with van der Waals surface area (Å²) in [4.78, 5) is 24.6. The second kappa shape index (κ2) is 6.39. The maximum atomic E-state index is 12.4. The smallest absolute Gasteiger partial charge is 0.305 e. The first kappa shape index (κ1) is 15.0. The molecule has 1 heterocycles. The van der Waals surface area contributed by atoms with Crippen LogP contribution in [0.2, 0.25) is 0 Å². The number of hydrogen-bond acceptors (Lipinski definition) is 4. The van der Waals surface area contributed by atoms with Crippen molar-refractivity contribution in [3.05, 3.63) is 30.0 Å². The van der Waals surface area contributed by atoms with Crippen LogP contribution in [0.3, 0.4) is 0 Å². The van der Waals surface area contributed by atoms with Gasteiger partial charge in [-0.3, -0.25) is 9.59 Å². The predicted octanol–water partition coefficient (Wildman–Crippen LogP) is 2.08. The van der Waals surface area contributed by atoms with Crippen LogP contribution in [0.4, 0.5) is 0 Å². The maximum absolute atomic E-state index is 12.4. The molecule has 0 unspecified atom stereocenters. The van der Waals surface area contributed by atoms with Gasteiger partial charge in [0, 0.05) is 18.0 Å². The standard InChI is InChI=1S/C15H18N2O4/c1-10(2)17(8-7-15(19)20)14(18)9-12-11-5-3-4-6-13(11)21-16-12/h3-6,10H,7-9H2,1-2H3,(H,19,20). The SMILES string of the molecule is CC(C)N(CCC(=O)O)C(=O)Cc1noc2ccccc12. The van der Waals surface area contributed by atoms with Crippen LogP contribution in [0, 0.1) is 0 Å². The lowest BCUT2D eigenvalue weighted by molar-refractivity contribution is -0.139. The summed E-state index contributed by atoms with van der Waals surface area (Å²) < 4.78 is 5.17. The summed E-state index contributed by atoms with van der Waals surface area (Å²) in [7, 11) is 0. The zero-order valence-corrected chi connectivity index (χ0v) is 12.1. The van der Waals surface area contributed by atoms with Crippen molar-refractivity contribution in [2.24, 2.45) is 0 Å². The van der Waals surface area contributed by atoms with Gasteiger partial charge < -0.3 is 14.5 Å². The fourth-order valence-electron chi connectivity index (χ4n) is 2.20. The molecule has 2 rings (SSSR count). The molecular formula is C15H18N2O4. The number of fused-ring (bicyclic) bond motifs is 1. The number of rotatable bonds is 6. The van der Waals surface area contributed by atoms with Crippen LogP contribution >= 0.6 is 0 Å². The summed E-state index contributed by atoms with van der Waals surface area (Å²) in [5.74, 6) is -1.06. The van der Waals surface area contributed by atoms with Gasteiger partial charge in [0.2, 0.25) is 5.91 Å². The number of aliphatic carboxylic acids is 1. The van der Waals surface area contributed by atoms with Crippen molar-refractivity contribution >= 4 is 22.8 Å². The number of carbonyl (C=O) groups is 2. The van der Waals surface area contributed by atoms with Crippen LogP contribution in [-0.2, 0) is 16.0 Å². The van der Waals surface area contributed by atoms with E-state index in [2.05, 4.69) is 5.16 Å². The highest BCUT2D eigenvalue weighted by atomic mass is 16.5. The van der Waals surface area contributed by atoms with E-state index in [0.717, 1.165) is 5.39 Å². The van der Waals surface area contributed by atoms with E-state index in [1.54, 1.807) is 11.0 Å². The van der Waals surface area contributed by atoms with E-state index >= 15 is 0 Å². The van der Waals surface area contributed by atoms with E-state index in [-0.39, 0.29) is 31.3 Å². The normalized spacial score (nSPS) is 11.0. The number of benzene rings is 1. The highest BCUT2D eigenvalue weighted by molar-refractivity contribution is 5.86. The van der Waals surface area contributed by atoms with E-state index in [4.69, 9.17) is 9.63 Å². The predicted molar refractivity (Wildman–Crippen MR) is 76.8 cm³/mol. The summed E-state index contributed by atoms with van der Waals surface area (Å²) in [6.45, 7) is 3.92. The minimum absolute atomic E-state index is 0.0602. The number of carboxylic acids is 1. The average molecular weight is 290 g/mol. The first-order valence-corrected chi connectivity index (χ1v) is 6.83. The third-order valence-electron chi connectivity index (χ3n) is 3.28. The Hall–Kier alpha value is -2.37. The number of para-hydroxylation sites is 1. The Morgan fingerprint density at radius 1 is 1.33 bits per heavy atom. The highest BCUT2D eigenvalue weighted by Gasteiger charge is 2.20. The molecule has 21 heavy (non-hydrogen) atoms. The van der Waals surface area contributed by atoms with Crippen molar-refractivity contribution in [1.82, 2.24) is 10.1 Å². The monoisotopic (exact) mass is 290 g/mol. The molecular weight excluding hydrogens is 272 g/mol. The van der Waals surface area contributed by atoms with Crippen LogP contribution < -0.4 is 0 Å². The maximum Gasteiger partial charge on any atom is 0.305 e. The Bertz CT molecular complexity index is 648. The molecule has 0 spiro atoms. The van der Waals surface area contributed by atoms with Gasteiger partial charge in [0.25, 0.3) is 0 Å². The van der Waals surface area contributed by atoms with Gasteiger partial charge in [-0.05, 0) is 26.0 Å². The van der Waals surface area contributed by atoms with Crippen LogP contribution in [-0.4, -0.2) is 39.6 Å². The topological polar surface area (TPSA) is 83.6 Å². The number of carboxylic acid groups (broad SMARTS) is 1. The van der Waals surface area contributed by atoms with Crippen molar-refractivity contribution < 1.29 is 19.2 Å². The summed E-state index contributed by atoms with van der Waals surface area (Å²) >= 11 is 0. The number of nitrogens with zero attached hydrogens (tertiary/aromatic N) is 2. The van der Waals surface area contributed by atoms with Gasteiger partial charge in [-0.2, -0.15) is 0 Å². The van der Waals surface area contributed by atoms with E-state index < -0.39 is 5.97 Å². The number of hydrogen-bond donors (Lipinski definition) is 1. The minimum Gasteiger partial charge on any atom is -0.481 e. The first-order chi connectivity index (χ1) is 9.99. The molecule has 0 fully saturated rings. The molecule has 0 saturated heterocycles. The molecule has 0 aliphatic rings. The van der Waals surface area contributed by atoms with Crippen LogP contribution in [0.1, 0.15) is 26.0 Å². The molecule has 6 heteroatoms. The molecule has 0 aliphatic heterocycles. The Morgan fingerprint density at radius 3 is 2.71 bits per heavy atom. The van der Waals surface area contributed by atoms with Gasteiger partial charge in [0.15, 0.2) is 5.58 Å². The zero-order valence-electron chi connectivity index (χ0n) is 12.1. The van der Waals surface area contributed by atoms with E-state index in [1.165, 1.54) is 0 Å². The summed E-state index contributed by atoms with van der Waals surface area (Å²) in [5.41, 5.74) is 1.22. The second-order valence-electron chi connectivity index (χ2n) is 5.13. The summed E-state index contributed by atoms with van der Waals surface area (Å²) in [6.07, 6.45) is 0.0400. The van der Waals surface area contributed by atoms with Crippen molar-refractivity contribution in [3.63, 3.8) is 0 Å². The van der Waals surface area contributed by atoms with E-state index in [0.29, 0.717) is 11.3 Å². The van der Waals surface area contributed by atoms with Gasteiger partial charge in [-0.25, -0.2) is 0 Å². The van der Waals surface area contributed by atoms with Crippen molar-refractivity contribution in [3.8, 4) is 0 Å². The lowest BCUT2D eigenvalue weighted by Gasteiger charge is -2.25. The molecule has 0 atom stereocenters. The van der Waals surface area contributed by atoms with Gasteiger partial charge >= 0.3 is 5.97 Å². The number of carbonyl (C=O) groups excluding carboxylic acids is 1. The first-order valence-electron chi connectivity index (χ1n) is 6.83. The molecule has 2 aromatic rings. The Labute approximate surface area is 122 Å². The number of amides is 1. The van der Waals surface area contributed by atoms with Crippen molar-refractivity contribution in [2.75, 3.05) is 6.54 Å². The van der Waals surface area contributed by atoms with Gasteiger partial charge in [-0.1, -0.05) is 17.3 Å². The molecule has 6 nitrogen and oxygen atoms in total. The average Bonchev–Trinajstić information content (AvgIpc) is 2.82. The van der Waals surface area contributed by atoms with Crippen LogP contribution in [0.15, 0.2) is 28.8 Å². The molecule has 0 saturated carbocycles. The van der Waals surface area contributed by atoms with E-state index in [1.807, 2.05) is 32.0 Å². The molecule has 1 N–H and O–H groups in total. The second-order valence-corrected chi connectivity index (χ2v) is 5.13. The molecule has 0 aliphatic carbocycles. The number of aromatic nitrogens is 1. The Balaban J connectivity index is 2.12. The third kappa shape index (κ3) is 3.59. The molecule has 0 radical (unpaired) electrons. The minimum atomic E-state index is -0.916. The third-order valence-corrected chi connectivity index (χ3v) is 3.28. The molecule has 112 valence electrons. The summed E-state index contributed by atoms with van der Waals surface area (Å²) in [5, 5.41) is 13.5.